The van der Waals surface area contributed by atoms with Gasteiger partial charge in [0.05, 0.1) is 22.9 Å². The molecule has 2 aliphatic rings. The van der Waals surface area contributed by atoms with Crippen LogP contribution in [0.1, 0.15) is 77.8 Å². The molecular formula is C27H30N6O. The van der Waals surface area contributed by atoms with Crippen LogP contribution in [0.25, 0.3) is 16.6 Å². The summed E-state index contributed by atoms with van der Waals surface area (Å²) >= 11 is 0. The van der Waals surface area contributed by atoms with Crippen molar-refractivity contribution in [3.8, 4) is 0 Å². The predicted octanol–water partition coefficient (Wildman–Crippen LogP) is 4.55. The average molecular weight is 455 g/mol. The Morgan fingerprint density at radius 3 is 2.88 bits per heavy atom. The summed E-state index contributed by atoms with van der Waals surface area (Å²) in [6, 6.07) is 12.0. The number of carbonyl (C=O) groups excluding carboxylic acids is 1. The van der Waals surface area contributed by atoms with Gasteiger partial charge in [0, 0.05) is 47.9 Å². The van der Waals surface area contributed by atoms with Crippen LogP contribution in [0.4, 0.5) is 0 Å². The average Bonchev–Trinajstić information content (AvgIpc) is 3.48. The zero-order valence-electron chi connectivity index (χ0n) is 19.5. The molecule has 1 aliphatic carbocycles. The number of piperidine rings is 1. The minimum Gasteiger partial charge on any atom is -0.330 e. The molecule has 4 aromatic rings. The first-order valence-corrected chi connectivity index (χ1v) is 12.3. The Bertz CT molecular complexity index is 1380. The van der Waals surface area contributed by atoms with E-state index >= 15 is 0 Å². The smallest absolute Gasteiger partial charge is 0.254 e. The van der Waals surface area contributed by atoms with Crippen molar-refractivity contribution in [1.29, 1.82) is 0 Å². The number of rotatable bonds is 3. The molecule has 4 heterocycles. The number of benzene rings is 1. The standard InChI is InChI=1S/C27H30N6O/c1-17-16-33-25(30-26(17)19-9-10-21(28)13-19)15-23(31-33)24-6-2-3-12-32(24)27(34)20-8-7-18-5-4-11-29-22(18)14-20/h4-5,7-8,11,14-16,19,21,24H,2-3,6,9-10,12-13,28H2,1H3/t19?,21-,24-/m0/s1. The molecule has 1 amide bonds. The third kappa shape index (κ3) is 3.74. The molecular weight excluding hydrogens is 424 g/mol. The van der Waals surface area contributed by atoms with Crippen LogP contribution in [0.2, 0.25) is 0 Å². The summed E-state index contributed by atoms with van der Waals surface area (Å²) in [6.07, 6.45) is 9.99. The highest BCUT2D eigenvalue weighted by Crippen LogP contribution is 2.36. The zero-order valence-corrected chi connectivity index (χ0v) is 19.5. The molecule has 3 atom stereocenters. The lowest BCUT2D eigenvalue weighted by Crippen LogP contribution is -2.38. The topological polar surface area (TPSA) is 89.4 Å². The summed E-state index contributed by atoms with van der Waals surface area (Å²) in [5, 5.41) is 5.92. The van der Waals surface area contributed by atoms with E-state index in [1.807, 2.05) is 39.7 Å². The molecule has 1 saturated heterocycles. The SMILES string of the molecule is Cc1cn2nc([C@@H]3CCCCN3C(=O)c3ccc4cccnc4c3)cc2nc1C1CC[C@H](N)C1. The number of hydrogen-bond donors (Lipinski definition) is 1. The maximum absolute atomic E-state index is 13.6. The lowest BCUT2D eigenvalue weighted by Gasteiger charge is -2.34. The summed E-state index contributed by atoms with van der Waals surface area (Å²) < 4.78 is 1.88. The van der Waals surface area contributed by atoms with Crippen LogP contribution in [-0.2, 0) is 0 Å². The molecule has 0 radical (unpaired) electrons. The van der Waals surface area contributed by atoms with Gasteiger partial charge in [-0.2, -0.15) is 5.10 Å². The number of pyridine rings is 1. The lowest BCUT2D eigenvalue weighted by atomic mass is 9.98. The Labute approximate surface area is 199 Å². The van der Waals surface area contributed by atoms with Crippen LogP contribution >= 0.6 is 0 Å². The number of aryl methyl sites for hydroxylation is 1. The highest BCUT2D eigenvalue weighted by Gasteiger charge is 2.31. The monoisotopic (exact) mass is 454 g/mol. The normalized spacial score (nSPS) is 23.1. The van der Waals surface area contributed by atoms with Gasteiger partial charge in [0.25, 0.3) is 5.91 Å². The number of likely N-dealkylation sites (tertiary alicyclic amines) is 1. The number of hydrogen-bond acceptors (Lipinski definition) is 5. The van der Waals surface area contributed by atoms with Gasteiger partial charge in [0.2, 0.25) is 0 Å². The molecule has 7 heteroatoms. The van der Waals surface area contributed by atoms with E-state index in [1.54, 1.807) is 6.20 Å². The number of fused-ring (bicyclic) bond motifs is 2. The molecule has 1 aliphatic heterocycles. The fourth-order valence-corrected chi connectivity index (χ4v) is 5.73. The van der Waals surface area contributed by atoms with Gasteiger partial charge in [0.1, 0.15) is 0 Å². The van der Waals surface area contributed by atoms with Crippen molar-refractivity contribution in [1.82, 2.24) is 24.5 Å². The van der Waals surface area contributed by atoms with E-state index in [0.717, 1.165) is 78.6 Å². The van der Waals surface area contributed by atoms with Crippen molar-refractivity contribution in [3.63, 3.8) is 0 Å². The minimum absolute atomic E-state index is 0.0408. The Balaban J connectivity index is 1.33. The third-order valence-corrected chi connectivity index (χ3v) is 7.51. The summed E-state index contributed by atoms with van der Waals surface area (Å²) in [5.74, 6) is 0.465. The highest BCUT2D eigenvalue weighted by atomic mass is 16.2. The molecule has 0 spiro atoms. The summed E-state index contributed by atoms with van der Waals surface area (Å²) in [6.45, 7) is 2.84. The largest absolute Gasteiger partial charge is 0.330 e. The first kappa shape index (κ1) is 21.2. The second kappa shape index (κ2) is 8.47. The van der Waals surface area contributed by atoms with Crippen molar-refractivity contribution in [2.24, 2.45) is 5.73 Å². The summed E-state index contributed by atoms with van der Waals surface area (Å²) in [5.41, 5.74) is 11.7. The van der Waals surface area contributed by atoms with Crippen LogP contribution < -0.4 is 5.73 Å². The molecule has 2 N–H and O–H groups in total. The molecule has 7 nitrogen and oxygen atoms in total. The van der Waals surface area contributed by atoms with Gasteiger partial charge in [-0.3, -0.25) is 9.78 Å². The fourth-order valence-electron chi connectivity index (χ4n) is 5.73. The Kier molecular flexibility index (Phi) is 5.29. The first-order valence-electron chi connectivity index (χ1n) is 12.3. The van der Waals surface area contributed by atoms with Gasteiger partial charge in [-0.15, -0.1) is 0 Å². The molecule has 174 valence electrons. The van der Waals surface area contributed by atoms with Crippen LogP contribution in [-0.4, -0.2) is 43.0 Å². The van der Waals surface area contributed by atoms with Crippen molar-refractivity contribution in [2.45, 2.75) is 63.5 Å². The fraction of sp³-hybridized carbons (Fsp3) is 0.407. The number of amides is 1. The van der Waals surface area contributed by atoms with Gasteiger partial charge in [-0.25, -0.2) is 9.50 Å². The van der Waals surface area contributed by atoms with Gasteiger partial charge in [-0.05, 0) is 69.2 Å². The highest BCUT2D eigenvalue weighted by molar-refractivity contribution is 5.98. The Morgan fingerprint density at radius 2 is 2.03 bits per heavy atom. The van der Waals surface area contributed by atoms with E-state index in [2.05, 4.69) is 24.2 Å². The maximum Gasteiger partial charge on any atom is 0.254 e. The van der Waals surface area contributed by atoms with Crippen LogP contribution in [0.5, 0.6) is 0 Å². The van der Waals surface area contributed by atoms with Crippen LogP contribution in [0.3, 0.4) is 0 Å². The lowest BCUT2D eigenvalue weighted by molar-refractivity contribution is 0.0606. The van der Waals surface area contributed by atoms with E-state index in [0.29, 0.717) is 11.5 Å². The molecule has 1 saturated carbocycles. The van der Waals surface area contributed by atoms with E-state index < -0.39 is 0 Å². The quantitative estimate of drug-likeness (QED) is 0.491. The number of carbonyl (C=O) groups is 1. The number of nitrogens with zero attached hydrogens (tertiary/aromatic N) is 5. The molecule has 0 bridgehead atoms. The molecule has 34 heavy (non-hydrogen) atoms. The second-order valence-electron chi connectivity index (χ2n) is 9.87. The van der Waals surface area contributed by atoms with Crippen LogP contribution in [0, 0.1) is 6.92 Å². The van der Waals surface area contributed by atoms with Crippen molar-refractivity contribution >= 4 is 22.5 Å². The third-order valence-electron chi connectivity index (χ3n) is 7.51. The van der Waals surface area contributed by atoms with Crippen LogP contribution in [0.15, 0.2) is 48.8 Å². The van der Waals surface area contributed by atoms with Gasteiger partial charge >= 0.3 is 0 Å². The van der Waals surface area contributed by atoms with E-state index in [1.165, 1.54) is 0 Å². The summed E-state index contributed by atoms with van der Waals surface area (Å²) in [7, 11) is 0. The van der Waals surface area contributed by atoms with Crippen molar-refractivity contribution in [3.05, 3.63) is 71.3 Å². The van der Waals surface area contributed by atoms with E-state index in [-0.39, 0.29) is 18.0 Å². The Morgan fingerprint density at radius 1 is 1.12 bits per heavy atom. The molecule has 2 fully saturated rings. The predicted molar refractivity (Wildman–Crippen MR) is 132 cm³/mol. The van der Waals surface area contributed by atoms with Crippen molar-refractivity contribution in [2.75, 3.05) is 6.54 Å². The Hall–Kier alpha value is -3.32. The number of nitrogens with two attached hydrogens (primary N) is 1. The molecule has 6 rings (SSSR count). The van der Waals surface area contributed by atoms with Crippen molar-refractivity contribution < 1.29 is 4.79 Å². The maximum atomic E-state index is 13.6. The molecule has 1 aromatic carbocycles. The first-order chi connectivity index (χ1) is 16.6. The van der Waals surface area contributed by atoms with Gasteiger partial charge in [-0.1, -0.05) is 12.1 Å². The summed E-state index contributed by atoms with van der Waals surface area (Å²) in [4.78, 5) is 25.0. The molecule has 3 aromatic heterocycles. The van der Waals surface area contributed by atoms with E-state index in [4.69, 9.17) is 15.8 Å². The van der Waals surface area contributed by atoms with Gasteiger partial charge < -0.3 is 10.6 Å². The second-order valence-corrected chi connectivity index (χ2v) is 9.87. The molecule has 1 unspecified atom stereocenters. The van der Waals surface area contributed by atoms with E-state index in [9.17, 15) is 4.79 Å². The number of aromatic nitrogens is 4. The minimum atomic E-state index is -0.0500. The van der Waals surface area contributed by atoms with Gasteiger partial charge in [0.15, 0.2) is 5.65 Å². The zero-order chi connectivity index (χ0) is 23.2.